The van der Waals surface area contributed by atoms with Crippen molar-refractivity contribution in [3.05, 3.63) is 42.2 Å². The lowest BCUT2D eigenvalue weighted by molar-refractivity contribution is 0.111. The highest BCUT2D eigenvalue weighted by molar-refractivity contribution is 5.75. The zero-order valence-corrected chi connectivity index (χ0v) is 7.00. The molecule has 0 aliphatic carbocycles. The Hall–Kier alpha value is -1.64. The zero-order chi connectivity index (χ0) is 9.68. The van der Waals surface area contributed by atoms with Crippen LogP contribution in [0, 0.1) is 5.82 Å². The molecule has 1 aromatic carbocycles. The van der Waals surface area contributed by atoms with Crippen LogP contribution in [-0.4, -0.2) is 12.9 Å². The van der Waals surface area contributed by atoms with Crippen LogP contribution in [0.3, 0.4) is 0 Å². The van der Waals surface area contributed by atoms with Crippen molar-refractivity contribution in [2.45, 2.75) is 0 Å². The molecule has 0 atom stereocenters. The summed E-state index contributed by atoms with van der Waals surface area (Å²) in [7, 11) is 0. The maximum Gasteiger partial charge on any atom is 0.153 e. The van der Waals surface area contributed by atoms with E-state index in [2.05, 4.69) is 6.58 Å². The second-order valence-electron chi connectivity index (χ2n) is 2.40. The first-order chi connectivity index (χ1) is 6.27. The smallest absolute Gasteiger partial charge is 0.153 e. The van der Waals surface area contributed by atoms with Crippen LogP contribution in [0.15, 0.2) is 30.9 Å². The van der Waals surface area contributed by atoms with Crippen LogP contribution < -0.4 is 4.74 Å². The molecule has 68 valence electrons. The molecule has 0 aliphatic rings. The van der Waals surface area contributed by atoms with Gasteiger partial charge in [0.1, 0.15) is 18.2 Å². The molecule has 0 N–H and O–H groups in total. The number of halogens is 1. The van der Waals surface area contributed by atoms with Crippen LogP contribution in [-0.2, 0) is 0 Å². The number of rotatable bonds is 4. The second kappa shape index (κ2) is 4.40. The third kappa shape index (κ3) is 2.40. The number of aldehydes is 1. The molecule has 0 aliphatic heterocycles. The van der Waals surface area contributed by atoms with E-state index in [0.717, 1.165) is 0 Å². The Balaban J connectivity index is 2.85. The number of hydrogen-bond acceptors (Lipinski definition) is 2. The van der Waals surface area contributed by atoms with Crippen LogP contribution in [0.1, 0.15) is 10.4 Å². The van der Waals surface area contributed by atoms with Crippen LogP contribution in [0.5, 0.6) is 5.75 Å². The minimum atomic E-state index is -0.541. The standard InChI is InChI=1S/C10H9FO2/c1-2-5-13-9-3-4-10(11)8(6-9)7-12/h2-4,6-7H,1,5H2. The van der Waals surface area contributed by atoms with E-state index in [-0.39, 0.29) is 5.56 Å². The molecule has 0 unspecified atom stereocenters. The van der Waals surface area contributed by atoms with Gasteiger partial charge in [-0.1, -0.05) is 12.7 Å². The fourth-order valence-corrected chi connectivity index (χ4v) is 0.857. The fourth-order valence-electron chi connectivity index (χ4n) is 0.857. The summed E-state index contributed by atoms with van der Waals surface area (Å²) in [6.07, 6.45) is 2.03. The predicted octanol–water partition coefficient (Wildman–Crippen LogP) is 2.20. The monoisotopic (exact) mass is 180 g/mol. The topological polar surface area (TPSA) is 26.3 Å². The van der Waals surface area contributed by atoms with Gasteiger partial charge in [-0.2, -0.15) is 0 Å². The molecule has 0 amide bonds. The molecule has 0 radical (unpaired) electrons. The minimum Gasteiger partial charge on any atom is -0.490 e. The first kappa shape index (κ1) is 9.45. The van der Waals surface area contributed by atoms with E-state index in [9.17, 15) is 9.18 Å². The van der Waals surface area contributed by atoms with E-state index in [1.165, 1.54) is 18.2 Å². The van der Waals surface area contributed by atoms with E-state index in [4.69, 9.17) is 4.74 Å². The second-order valence-corrected chi connectivity index (χ2v) is 2.40. The highest BCUT2D eigenvalue weighted by atomic mass is 19.1. The first-order valence-corrected chi connectivity index (χ1v) is 3.76. The molecule has 0 saturated carbocycles. The van der Waals surface area contributed by atoms with E-state index in [1.807, 2.05) is 0 Å². The Labute approximate surface area is 75.6 Å². The molecule has 0 fully saturated rings. The molecule has 13 heavy (non-hydrogen) atoms. The molecule has 1 aromatic rings. The first-order valence-electron chi connectivity index (χ1n) is 3.76. The van der Waals surface area contributed by atoms with Gasteiger partial charge in [-0.25, -0.2) is 4.39 Å². The average molecular weight is 180 g/mol. The van der Waals surface area contributed by atoms with Crippen molar-refractivity contribution in [1.82, 2.24) is 0 Å². The Morgan fingerprint density at radius 1 is 1.54 bits per heavy atom. The quantitative estimate of drug-likeness (QED) is 0.524. The maximum absolute atomic E-state index is 12.8. The number of carbonyl (C=O) groups is 1. The van der Waals surface area contributed by atoms with E-state index < -0.39 is 5.82 Å². The lowest BCUT2D eigenvalue weighted by atomic mass is 10.2. The molecule has 0 aromatic heterocycles. The Morgan fingerprint density at radius 2 is 2.31 bits per heavy atom. The number of hydrogen-bond donors (Lipinski definition) is 0. The van der Waals surface area contributed by atoms with Gasteiger partial charge >= 0.3 is 0 Å². The van der Waals surface area contributed by atoms with Crippen molar-refractivity contribution in [3.63, 3.8) is 0 Å². The van der Waals surface area contributed by atoms with Gasteiger partial charge in [0.15, 0.2) is 6.29 Å². The molecular formula is C10H9FO2. The lowest BCUT2D eigenvalue weighted by Crippen LogP contribution is -1.95. The van der Waals surface area contributed by atoms with Crippen LogP contribution >= 0.6 is 0 Å². The Morgan fingerprint density at radius 3 is 2.92 bits per heavy atom. The molecule has 3 heteroatoms. The van der Waals surface area contributed by atoms with Crippen molar-refractivity contribution >= 4 is 6.29 Å². The molecule has 1 rings (SSSR count). The molecule has 0 heterocycles. The summed E-state index contributed by atoms with van der Waals surface area (Å²) < 4.78 is 17.9. The van der Waals surface area contributed by atoms with Gasteiger partial charge in [-0.15, -0.1) is 0 Å². The highest BCUT2D eigenvalue weighted by Crippen LogP contribution is 2.15. The maximum atomic E-state index is 12.8. The molecule has 0 bridgehead atoms. The number of carbonyl (C=O) groups excluding carboxylic acids is 1. The Kier molecular flexibility index (Phi) is 3.20. The molecular weight excluding hydrogens is 171 g/mol. The van der Waals surface area contributed by atoms with Gasteiger partial charge in [0.05, 0.1) is 5.56 Å². The summed E-state index contributed by atoms with van der Waals surface area (Å²) >= 11 is 0. The summed E-state index contributed by atoms with van der Waals surface area (Å²) in [5.74, 6) is -0.0793. The summed E-state index contributed by atoms with van der Waals surface area (Å²) in [5.41, 5.74) is 0.00145. The summed E-state index contributed by atoms with van der Waals surface area (Å²) in [6, 6.07) is 4.01. The van der Waals surface area contributed by atoms with Crippen LogP contribution in [0.25, 0.3) is 0 Å². The van der Waals surface area contributed by atoms with Crippen molar-refractivity contribution < 1.29 is 13.9 Å². The Bertz CT molecular complexity index is 321. The van der Waals surface area contributed by atoms with Gasteiger partial charge in [-0.05, 0) is 18.2 Å². The highest BCUT2D eigenvalue weighted by Gasteiger charge is 2.01. The largest absolute Gasteiger partial charge is 0.490 e. The molecule has 2 nitrogen and oxygen atoms in total. The SMILES string of the molecule is C=CCOc1ccc(F)c(C=O)c1. The van der Waals surface area contributed by atoms with Gasteiger partial charge in [0.25, 0.3) is 0 Å². The van der Waals surface area contributed by atoms with Gasteiger partial charge in [0.2, 0.25) is 0 Å². The predicted molar refractivity (Wildman–Crippen MR) is 47.5 cm³/mol. The van der Waals surface area contributed by atoms with Gasteiger partial charge in [0, 0.05) is 0 Å². The van der Waals surface area contributed by atoms with Crippen molar-refractivity contribution in [1.29, 1.82) is 0 Å². The minimum absolute atomic E-state index is 0.00145. The van der Waals surface area contributed by atoms with Crippen LogP contribution in [0.2, 0.25) is 0 Å². The molecule has 0 saturated heterocycles. The fraction of sp³-hybridized carbons (Fsp3) is 0.100. The molecule has 0 spiro atoms. The van der Waals surface area contributed by atoms with E-state index in [1.54, 1.807) is 6.08 Å². The van der Waals surface area contributed by atoms with E-state index in [0.29, 0.717) is 18.6 Å². The number of ether oxygens (including phenoxy) is 1. The lowest BCUT2D eigenvalue weighted by Gasteiger charge is -2.03. The normalized spacial score (nSPS) is 9.31. The van der Waals surface area contributed by atoms with E-state index >= 15 is 0 Å². The third-order valence-corrected chi connectivity index (χ3v) is 1.46. The van der Waals surface area contributed by atoms with Crippen molar-refractivity contribution in [2.75, 3.05) is 6.61 Å². The third-order valence-electron chi connectivity index (χ3n) is 1.46. The zero-order valence-electron chi connectivity index (χ0n) is 7.00. The summed E-state index contributed by atoms with van der Waals surface area (Å²) in [6.45, 7) is 3.80. The van der Waals surface area contributed by atoms with Crippen molar-refractivity contribution in [2.24, 2.45) is 0 Å². The van der Waals surface area contributed by atoms with Gasteiger partial charge in [-0.3, -0.25) is 4.79 Å². The average Bonchev–Trinajstić information content (AvgIpc) is 2.16. The number of benzene rings is 1. The van der Waals surface area contributed by atoms with Crippen molar-refractivity contribution in [3.8, 4) is 5.75 Å². The summed E-state index contributed by atoms with van der Waals surface area (Å²) in [4.78, 5) is 10.3. The summed E-state index contributed by atoms with van der Waals surface area (Å²) in [5, 5.41) is 0. The van der Waals surface area contributed by atoms with Crippen LogP contribution in [0.4, 0.5) is 4.39 Å². The van der Waals surface area contributed by atoms with Gasteiger partial charge < -0.3 is 4.74 Å².